The molecule has 3 rings (SSSR count). The zero-order valence-corrected chi connectivity index (χ0v) is 10.2. The number of hydrogen-bond donors (Lipinski definition) is 2. The number of benzene rings is 1. The van der Waals surface area contributed by atoms with Gasteiger partial charge in [0.15, 0.2) is 0 Å². The van der Waals surface area contributed by atoms with E-state index in [0.717, 1.165) is 18.7 Å². The van der Waals surface area contributed by atoms with Gasteiger partial charge in [-0.1, -0.05) is 0 Å². The highest BCUT2D eigenvalue weighted by atomic mass is 16.5. The predicted octanol–water partition coefficient (Wildman–Crippen LogP) is 1.47. The molecule has 1 aliphatic heterocycles. The van der Waals surface area contributed by atoms with E-state index in [-0.39, 0.29) is 18.2 Å². The van der Waals surface area contributed by atoms with Gasteiger partial charge in [-0.3, -0.25) is 0 Å². The number of nitrogens with one attached hydrogen (secondary N) is 1. The van der Waals surface area contributed by atoms with Crippen LogP contribution in [0.1, 0.15) is 18.4 Å². The first-order valence-electron chi connectivity index (χ1n) is 6.43. The Bertz CT molecular complexity index is 465. The van der Waals surface area contributed by atoms with Crippen LogP contribution in [0.3, 0.4) is 0 Å². The Morgan fingerprint density at radius 1 is 1.33 bits per heavy atom. The molecule has 94 valence electrons. The highest BCUT2D eigenvalue weighted by molar-refractivity contribution is 5.49. The Hall–Kier alpha value is -1.57. The van der Waals surface area contributed by atoms with Crippen molar-refractivity contribution < 1.29 is 4.74 Å². The molecule has 0 amide bonds. The highest BCUT2D eigenvalue weighted by Gasteiger charge is 2.50. The maximum Gasteiger partial charge on any atom is 0.0991 e. The van der Waals surface area contributed by atoms with Crippen molar-refractivity contribution in [2.24, 2.45) is 11.7 Å². The fourth-order valence-electron chi connectivity index (χ4n) is 2.96. The lowest BCUT2D eigenvalue weighted by molar-refractivity contribution is -0.104. The molecular weight excluding hydrogens is 226 g/mol. The molecule has 4 unspecified atom stereocenters. The number of fused-ring (bicyclic) bond motifs is 1. The van der Waals surface area contributed by atoms with Crippen molar-refractivity contribution in [1.82, 2.24) is 0 Å². The van der Waals surface area contributed by atoms with E-state index < -0.39 is 0 Å². The number of ether oxygens (including phenoxy) is 1. The van der Waals surface area contributed by atoms with Gasteiger partial charge in [0.2, 0.25) is 0 Å². The average molecular weight is 243 g/mol. The standard InChI is InChI=1S/C14H17N3O/c15-8-9-3-5-10(6-4-9)17-13-12(16)11-2-1-7-18-14(11)13/h3-6,11-14,17H,1-2,7,16H2. The predicted molar refractivity (Wildman–Crippen MR) is 69.0 cm³/mol. The first-order valence-corrected chi connectivity index (χ1v) is 6.43. The van der Waals surface area contributed by atoms with Crippen molar-refractivity contribution in [2.75, 3.05) is 11.9 Å². The van der Waals surface area contributed by atoms with Gasteiger partial charge < -0.3 is 15.8 Å². The molecular formula is C14H17N3O. The van der Waals surface area contributed by atoms with Crippen LogP contribution in [0.5, 0.6) is 0 Å². The zero-order chi connectivity index (χ0) is 12.5. The molecule has 0 aromatic heterocycles. The van der Waals surface area contributed by atoms with Gasteiger partial charge in [-0.15, -0.1) is 0 Å². The molecule has 0 spiro atoms. The van der Waals surface area contributed by atoms with E-state index in [1.54, 1.807) is 0 Å². The summed E-state index contributed by atoms with van der Waals surface area (Å²) in [4.78, 5) is 0. The first-order chi connectivity index (χ1) is 8.79. The van der Waals surface area contributed by atoms with Crippen molar-refractivity contribution in [3.8, 4) is 6.07 Å². The van der Waals surface area contributed by atoms with E-state index in [1.165, 1.54) is 6.42 Å². The van der Waals surface area contributed by atoms with Crippen LogP contribution in [0.15, 0.2) is 24.3 Å². The van der Waals surface area contributed by atoms with Gasteiger partial charge >= 0.3 is 0 Å². The van der Waals surface area contributed by atoms with Crippen LogP contribution < -0.4 is 11.1 Å². The molecule has 4 heteroatoms. The summed E-state index contributed by atoms with van der Waals surface area (Å²) in [7, 11) is 0. The SMILES string of the molecule is N#Cc1ccc(NC2C(N)C3CCCOC32)cc1. The lowest BCUT2D eigenvalue weighted by Crippen LogP contribution is -2.69. The van der Waals surface area contributed by atoms with Crippen molar-refractivity contribution in [3.63, 3.8) is 0 Å². The summed E-state index contributed by atoms with van der Waals surface area (Å²) in [6, 6.07) is 9.94. The maximum atomic E-state index is 8.75. The number of nitrogens with two attached hydrogens (primary N) is 1. The summed E-state index contributed by atoms with van der Waals surface area (Å²) in [5.41, 5.74) is 7.86. The molecule has 3 N–H and O–H groups in total. The summed E-state index contributed by atoms with van der Waals surface area (Å²) in [5.74, 6) is 0.509. The maximum absolute atomic E-state index is 8.75. The molecule has 1 saturated heterocycles. The van der Waals surface area contributed by atoms with Gasteiger partial charge in [0.05, 0.1) is 23.8 Å². The summed E-state index contributed by atoms with van der Waals surface area (Å²) >= 11 is 0. The van der Waals surface area contributed by atoms with Gasteiger partial charge in [0, 0.05) is 24.3 Å². The molecule has 4 nitrogen and oxygen atoms in total. The van der Waals surface area contributed by atoms with Crippen molar-refractivity contribution in [2.45, 2.75) is 31.0 Å². The summed E-state index contributed by atoms with van der Waals surface area (Å²) in [6.45, 7) is 0.847. The van der Waals surface area contributed by atoms with Gasteiger partial charge in [-0.2, -0.15) is 5.26 Å². The third kappa shape index (κ3) is 1.86. The Kier molecular flexibility index (Phi) is 2.94. The second-order valence-electron chi connectivity index (χ2n) is 5.08. The molecule has 2 fully saturated rings. The van der Waals surface area contributed by atoms with Crippen LogP contribution in [0.2, 0.25) is 0 Å². The number of hydrogen-bond acceptors (Lipinski definition) is 4. The van der Waals surface area contributed by atoms with Crippen molar-refractivity contribution >= 4 is 5.69 Å². The molecule has 0 bridgehead atoms. The highest BCUT2D eigenvalue weighted by Crippen LogP contribution is 2.38. The Morgan fingerprint density at radius 3 is 2.83 bits per heavy atom. The van der Waals surface area contributed by atoms with Crippen LogP contribution in [-0.4, -0.2) is 24.8 Å². The molecule has 0 radical (unpaired) electrons. The second kappa shape index (κ2) is 4.60. The van der Waals surface area contributed by atoms with Crippen molar-refractivity contribution in [3.05, 3.63) is 29.8 Å². The fourth-order valence-corrected chi connectivity index (χ4v) is 2.96. The van der Waals surface area contributed by atoms with E-state index in [2.05, 4.69) is 11.4 Å². The van der Waals surface area contributed by atoms with E-state index in [1.807, 2.05) is 24.3 Å². The topological polar surface area (TPSA) is 71.1 Å². The van der Waals surface area contributed by atoms with Gasteiger partial charge in [0.1, 0.15) is 0 Å². The fraction of sp³-hybridized carbons (Fsp3) is 0.500. The number of nitrogens with zero attached hydrogens (tertiary/aromatic N) is 1. The normalized spacial score (nSPS) is 34.0. The largest absolute Gasteiger partial charge is 0.378 e. The molecule has 1 saturated carbocycles. The first kappa shape index (κ1) is 11.5. The van der Waals surface area contributed by atoms with Gasteiger partial charge in [-0.05, 0) is 37.1 Å². The molecule has 1 aromatic rings. The second-order valence-corrected chi connectivity index (χ2v) is 5.08. The van der Waals surface area contributed by atoms with Gasteiger partial charge in [-0.25, -0.2) is 0 Å². The minimum absolute atomic E-state index is 0.172. The number of anilines is 1. The monoisotopic (exact) mass is 243 g/mol. The van der Waals surface area contributed by atoms with Crippen molar-refractivity contribution in [1.29, 1.82) is 5.26 Å². The number of rotatable bonds is 2. The summed E-state index contributed by atoms with van der Waals surface area (Å²) < 4.78 is 5.78. The van der Waals surface area contributed by atoms with E-state index in [4.69, 9.17) is 15.7 Å². The van der Waals surface area contributed by atoms with Gasteiger partial charge in [0.25, 0.3) is 0 Å². The third-order valence-electron chi connectivity index (χ3n) is 4.02. The summed E-state index contributed by atoms with van der Waals surface area (Å²) in [6.07, 6.45) is 2.56. The molecule has 18 heavy (non-hydrogen) atoms. The molecule has 2 aliphatic rings. The van der Waals surface area contributed by atoms with Crippen LogP contribution >= 0.6 is 0 Å². The summed E-state index contributed by atoms with van der Waals surface area (Å²) in [5, 5.41) is 12.2. The van der Waals surface area contributed by atoms with E-state index in [9.17, 15) is 0 Å². The smallest absolute Gasteiger partial charge is 0.0991 e. The van der Waals surface area contributed by atoms with E-state index >= 15 is 0 Å². The van der Waals surface area contributed by atoms with Crippen LogP contribution in [0.25, 0.3) is 0 Å². The lowest BCUT2D eigenvalue weighted by Gasteiger charge is -2.52. The molecule has 1 aliphatic carbocycles. The Balaban J connectivity index is 1.67. The zero-order valence-electron chi connectivity index (χ0n) is 10.2. The number of nitriles is 1. The minimum atomic E-state index is 0.172. The molecule has 1 heterocycles. The molecule has 4 atom stereocenters. The minimum Gasteiger partial charge on any atom is -0.378 e. The quantitative estimate of drug-likeness (QED) is 0.825. The Labute approximate surface area is 107 Å². The van der Waals surface area contributed by atoms with Crippen LogP contribution in [0, 0.1) is 17.2 Å². The van der Waals surface area contributed by atoms with E-state index in [0.29, 0.717) is 11.5 Å². The Morgan fingerprint density at radius 2 is 2.11 bits per heavy atom. The van der Waals surface area contributed by atoms with Crippen LogP contribution in [-0.2, 0) is 4.74 Å². The average Bonchev–Trinajstić information content (AvgIpc) is 2.45. The lowest BCUT2D eigenvalue weighted by atomic mass is 9.68. The van der Waals surface area contributed by atoms with Crippen LogP contribution in [0.4, 0.5) is 5.69 Å². The molecule has 1 aromatic carbocycles. The third-order valence-corrected chi connectivity index (χ3v) is 4.02.